The Balaban J connectivity index is 1.46. The maximum absolute atomic E-state index is 13.4. The van der Waals surface area contributed by atoms with Crippen LogP contribution < -0.4 is 24.8 Å². The molecule has 1 unspecified atom stereocenters. The van der Waals surface area contributed by atoms with Gasteiger partial charge in [-0.25, -0.2) is 4.39 Å². The molecule has 2 N–H and O–H groups in total. The van der Waals surface area contributed by atoms with Gasteiger partial charge in [0.05, 0.1) is 25.8 Å². The molecule has 0 spiro atoms. The first-order valence-electron chi connectivity index (χ1n) is 11.3. The number of halogens is 1. The lowest BCUT2D eigenvalue weighted by atomic mass is 10.0. The fourth-order valence-corrected chi connectivity index (χ4v) is 3.66. The number of fused-ring (bicyclic) bond motifs is 1. The van der Waals surface area contributed by atoms with E-state index in [1.165, 1.54) is 6.92 Å². The molecule has 1 fully saturated rings. The molecular formula is C26H28FN3O5. The van der Waals surface area contributed by atoms with Crippen molar-refractivity contribution >= 4 is 28.4 Å². The number of hydrogen-bond donors (Lipinski definition) is 2. The summed E-state index contributed by atoms with van der Waals surface area (Å²) in [7, 11) is 3.12. The number of ether oxygens (including phenoxy) is 3. The molecule has 2 atom stereocenters. The van der Waals surface area contributed by atoms with Crippen LogP contribution in [-0.4, -0.2) is 43.2 Å². The molecule has 4 rings (SSSR count). The summed E-state index contributed by atoms with van der Waals surface area (Å²) in [6.07, 6.45) is 1.31. The minimum atomic E-state index is -1.20. The Morgan fingerprint density at radius 3 is 2.23 bits per heavy atom. The highest BCUT2D eigenvalue weighted by molar-refractivity contribution is 6.13. The van der Waals surface area contributed by atoms with Crippen molar-refractivity contribution in [1.82, 2.24) is 10.3 Å². The lowest BCUT2D eigenvalue weighted by Crippen LogP contribution is -2.46. The van der Waals surface area contributed by atoms with E-state index >= 15 is 0 Å². The van der Waals surface area contributed by atoms with E-state index in [4.69, 9.17) is 14.2 Å². The molecule has 0 bridgehead atoms. The van der Waals surface area contributed by atoms with E-state index in [0.717, 1.165) is 5.39 Å². The Hall–Kier alpha value is -3.88. The van der Waals surface area contributed by atoms with Gasteiger partial charge < -0.3 is 24.8 Å². The van der Waals surface area contributed by atoms with Crippen LogP contribution in [0.2, 0.25) is 0 Å². The number of carbonyl (C=O) groups excluding carboxylic acids is 2. The molecule has 2 amide bonds. The van der Waals surface area contributed by atoms with Crippen LogP contribution in [0, 0.1) is 5.41 Å². The second-order valence-corrected chi connectivity index (χ2v) is 8.64. The largest absolute Gasteiger partial charge is 0.493 e. The number of aromatic nitrogens is 1. The predicted octanol–water partition coefficient (Wildman–Crippen LogP) is 4.63. The predicted molar refractivity (Wildman–Crippen MR) is 130 cm³/mol. The molecular weight excluding hydrogens is 453 g/mol. The van der Waals surface area contributed by atoms with Gasteiger partial charge in [-0.15, -0.1) is 0 Å². The van der Waals surface area contributed by atoms with Crippen molar-refractivity contribution in [2.45, 2.75) is 38.9 Å². The molecule has 35 heavy (non-hydrogen) atoms. The zero-order valence-corrected chi connectivity index (χ0v) is 20.1. The summed E-state index contributed by atoms with van der Waals surface area (Å²) < 4.78 is 30.2. The number of rotatable bonds is 9. The number of benzene rings is 2. The van der Waals surface area contributed by atoms with Crippen LogP contribution in [0.5, 0.6) is 23.0 Å². The highest BCUT2D eigenvalue weighted by atomic mass is 19.1. The van der Waals surface area contributed by atoms with E-state index in [1.54, 1.807) is 69.8 Å². The summed E-state index contributed by atoms with van der Waals surface area (Å²) >= 11 is 0. The van der Waals surface area contributed by atoms with E-state index in [9.17, 15) is 14.0 Å². The third kappa shape index (κ3) is 4.99. The lowest BCUT2D eigenvalue weighted by molar-refractivity contribution is -0.135. The Labute approximate surface area is 202 Å². The third-order valence-corrected chi connectivity index (χ3v) is 6.21. The monoisotopic (exact) mass is 481 g/mol. The zero-order chi connectivity index (χ0) is 25.2. The van der Waals surface area contributed by atoms with Gasteiger partial charge >= 0.3 is 0 Å². The van der Waals surface area contributed by atoms with Gasteiger partial charge in [0, 0.05) is 23.3 Å². The van der Waals surface area contributed by atoms with E-state index in [1.807, 2.05) is 0 Å². The fourth-order valence-electron chi connectivity index (χ4n) is 3.66. The van der Waals surface area contributed by atoms with Crippen LogP contribution in [0.25, 0.3) is 10.9 Å². The van der Waals surface area contributed by atoms with Crippen LogP contribution in [0.3, 0.4) is 0 Å². The van der Waals surface area contributed by atoms with Gasteiger partial charge in [-0.1, -0.05) is 0 Å². The first-order valence-corrected chi connectivity index (χ1v) is 11.3. The molecule has 3 aromatic rings. The molecule has 2 aromatic carbocycles. The Morgan fingerprint density at radius 1 is 0.971 bits per heavy atom. The van der Waals surface area contributed by atoms with Crippen molar-refractivity contribution in [3.63, 3.8) is 0 Å². The summed E-state index contributed by atoms with van der Waals surface area (Å²) in [6, 6.07) is 11.5. The van der Waals surface area contributed by atoms with Crippen LogP contribution in [0.4, 0.5) is 10.1 Å². The third-order valence-electron chi connectivity index (χ3n) is 6.21. The molecule has 1 saturated carbocycles. The Morgan fingerprint density at radius 2 is 1.63 bits per heavy atom. The normalized spacial score (nSPS) is 15.6. The van der Waals surface area contributed by atoms with Gasteiger partial charge in [0.2, 0.25) is 11.8 Å². The second kappa shape index (κ2) is 9.77. The Bertz CT molecular complexity index is 1240. The zero-order valence-electron chi connectivity index (χ0n) is 20.1. The summed E-state index contributed by atoms with van der Waals surface area (Å²) in [5, 5.41) is 6.14. The molecule has 1 aromatic heterocycles. The quantitative estimate of drug-likeness (QED) is 0.433. The van der Waals surface area contributed by atoms with E-state index < -0.39 is 29.4 Å². The summed E-state index contributed by atoms with van der Waals surface area (Å²) in [4.78, 5) is 29.7. The Kier molecular flexibility index (Phi) is 6.77. The van der Waals surface area contributed by atoms with Gasteiger partial charge in [-0.3, -0.25) is 14.6 Å². The average Bonchev–Trinajstić information content (AvgIpc) is 3.67. The number of amides is 2. The molecule has 8 nitrogen and oxygen atoms in total. The fraction of sp³-hybridized carbons (Fsp3) is 0.346. The molecule has 1 aliphatic rings. The van der Waals surface area contributed by atoms with Crippen molar-refractivity contribution in [3.8, 4) is 23.0 Å². The van der Waals surface area contributed by atoms with E-state index in [2.05, 4.69) is 15.6 Å². The molecule has 9 heteroatoms. The second-order valence-electron chi connectivity index (χ2n) is 8.64. The van der Waals surface area contributed by atoms with Gasteiger partial charge in [0.15, 0.2) is 11.5 Å². The highest BCUT2D eigenvalue weighted by Crippen LogP contribution is 2.47. The topological polar surface area (TPSA) is 98.8 Å². The van der Waals surface area contributed by atoms with Crippen LogP contribution in [-0.2, 0) is 9.59 Å². The SMILES string of the molecule is COc1cc2nccc(Oc3ccc(NC(=O)C4(C(=O)NC(C)[C@H](C)F)CC4)cc3)c2cc1OC. The minimum Gasteiger partial charge on any atom is -0.493 e. The number of methoxy groups -OCH3 is 2. The molecule has 0 aliphatic heterocycles. The standard InChI is InChI=1S/C26H28FN3O5/c1-15(27)16(2)29-24(31)26(10-11-26)25(32)30-17-5-7-18(8-6-17)35-21-9-12-28-20-14-23(34-4)22(33-3)13-19(20)21/h5-9,12-16H,10-11H2,1-4H3,(H,29,31)(H,30,32)/t15-,16?/m0/s1. The number of pyridine rings is 1. The minimum absolute atomic E-state index is 0.399. The van der Waals surface area contributed by atoms with Crippen molar-refractivity contribution in [2.24, 2.45) is 5.41 Å². The average molecular weight is 482 g/mol. The number of nitrogens with one attached hydrogen (secondary N) is 2. The van der Waals surface area contributed by atoms with Crippen molar-refractivity contribution < 1.29 is 28.2 Å². The van der Waals surface area contributed by atoms with Crippen molar-refractivity contribution in [2.75, 3.05) is 19.5 Å². The number of anilines is 1. The smallest absolute Gasteiger partial charge is 0.240 e. The summed E-state index contributed by atoms with van der Waals surface area (Å²) in [5.41, 5.74) is 0.0711. The van der Waals surface area contributed by atoms with Crippen molar-refractivity contribution in [3.05, 3.63) is 48.7 Å². The van der Waals surface area contributed by atoms with E-state index in [0.29, 0.717) is 47.0 Å². The van der Waals surface area contributed by atoms with Gasteiger partial charge in [-0.2, -0.15) is 0 Å². The number of carbonyl (C=O) groups is 2. The lowest BCUT2D eigenvalue weighted by Gasteiger charge is -2.20. The maximum atomic E-state index is 13.4. The van der Waals surface area contributed by atoms with E-state index in [-0.39, 0.29) is 0 Å². The van der Waals surface area contributed by atoms with Crippen LogP contribution >= 0.6 is 0 Å². The highest BCUT2D eigenvalue weighted by Gasteiger charge is 2.56. The molecule has 0 saturated heterocycles. The number of hydrogen-bond acceptors (Lipinski definition) is 6. The van der Waals surface area contributed by atoms with Crippen LogP contribution in [0.15, 0.2) is 48.7 Å². The van der Waals surface area contributed by atoms with Crippen molar-refractivity contribution in [1.29, 1.82) is 0 Å². The molecule has 1 aliphatic carbocycles. The number of nitrogens with zero attached hydrogens (tertiary/aromatic N) is 1. The summed E-state index contributed by atoms with van der Waals surface area (Å²) in [6.45, 7) is 2.95. The molecule has 184 valence electrons. The maximum Gasteiger partial charge on any atom is 0.240 e. The molecule has 1 heterocycles. The molecule has 0 radical (unpaired) electrons. The number of alkyl halides is 1. The first-order chi connectivity index (χ1) is 16.8. The van der Waals surface area contributed by atoms with Gasteiger partial charge in [0.25, 0.3) is 0 Å². The van der Waals surface area contributed by atoms with Crippen LogP contribution in [0.1, 0.15) is 26.7 Å². The van der Waals surface area contributed by atoms with Gasteiger partial charge in [-0.05, 0) is 63.1 Å². The van der Waals surface area contributed by atoms with Gasteiger partial charge in [0.1, 0.15) is 23.1 Å². The summed E-state index contributed by atoms with van der Waals surface area (Å²) in [5.74, 6) is 1.42. The first kappa shape index (κ1) is 24.3.